The second kappa shape index (κ2) is 9.39. The molecule has 2 atom stereocenters. The molecule has 0 aromatic carbocycles. The molecule has 2 aliphatic heterocycles. The van der Waals surface area contributed by atoms with Gasteiger partial charge < -0.3 is 15.0 Å². The van der Waals surface area contributed by atoms with E-state index in [1.165, 1.54) is 12.8 Å². The fourth-order valence-corrected chi connectivity index (χ4v) is 4.63. The van der Waals surface area contributed by atoms with E-state index in [9.17, 15) is 9.59 Å². The first-order valence-electron chi connectivity index (χ1n) is 11.2. The van der Waals surface area contributed by atoms with Gasteiger partial charge in [-0.15, -0.1) is 0 Å². The number of hydrogen-bond donors (Lipinski definition) is 1. The molecule has 3 aliphatic rings. The highest BCUT2D eigenvalue weighted by molar-refractivity contribution is 5.92. The Morgan fingerprint density at radius 2 is 1.83 bits per heavy atom. The van der Waals surface area contributed by atoms with E-state index >= 15 is 0 Å². The summed E-state index contributed by atoms with van der Waals surface area (Å²) in [4.78, 5) is 38.3. The van der Waals surface area contributed by atoms with Crippen molar-refractivity contribution in [2.45, 2.75) is 58.0 Å². The molecule has 0 spiro atoms. The first-order chi connectivity index (χ1) is 14.5. The van der Waals surface area contributed by atoms with Gasteiger partial charge in [0.1, 0.15) is 11.5 Å². The molecule has 1 aliphatic carbocycles. The Morgan fingerprint density at radius 1 is 1.10 bits per heavy atom. The van der Waals surface area contributed by atoms with Crippen LogP contribution in [0.3, 0.4) is 0 Å². The third kappa shape index (κ3) is 5.35. The highest BCUT2D eigenvalue weighted by Crippen LogP contribution is 2.35. The predicted octanol–water partition coefficient (Wildman–Crippen LogP) is 1.32. The standard InChI is InChI=1S/C22H33N5O3/c1-15-11-20(25-16(2)24-15)22(29)23-13-19-6-5-18(27(19)14-17-3-4-17)12-21(28)26-7-9-30-10-8-26/h11,17-19H,3-10,12-14H2,1-2H3,(H,23,29)/t18-,19+/m1/s1. The van der Waals surface area contributed by atoms with E-state index < -0.39 is 0 Å². The molecule has 2 amide bonds. The highest BCUT2D eigenvalue weighted by atomic mass is 16.5. The number of nitrogens with one attached hydrogen (secondary N) is 1. The Balaban J connectivity index is 1.35. The van der Waals surface area contributed by atoms with Crippen LogP contribution in [0, 0.1) is 19.8 Å². The zero-order chi connectivity index (χ0) is 21.1. The number of nitrogens with zero attached hydrogens (tertiary/aromatic N) is 4. The molecule has 8 nitrogen and oxygen atoms in total. The van der Waals surface area contributed by atoms with E-state index in [-0.39, 0.29) is 23.9 Å². The predicted molar refractivity (Wildman–Crippen MR) is 112 cm³/mol. The fraction of sp³-hybridized carbons (Fsp3) is 0.727. The number of aromatic nitrogens is 2. The minimum absolute atomic E-state index is 0.150. The van der Waals surface area contributed by atoms with Crippen LogP contribution >= 0.6 is 0 Å². The maximum Gasteiger partial charge on any atom is 0.270 e. The van der Waals surface area contributed by atoms with Gasteiger partial charge in [0.25, 0.3) is 5.91 Å². The van der Waals surface area contributed by atoms with Crippen molar-refractivity contribution in [3.8, 4) is 0 Å². The maximum absolute atomic E-state index is 12.8. The fourth-order valence-electron chi connectivity index (χ4n) is 4.63. The van der Waals surface area contributed by atoms with Gasteiger partial charge in [0.15, 0.2) is 0 Å². The van der Waals surface area contributed by atoms with Crippen molar-refractivity contribution in [1.82, 2.24) is 25.1 Å². The van der Waals surface area contributed by atoms with Crippen molar-refractivity contribution >= 4 is 11.8 Å². The highest BCUT2D eigenvalue weighted by Gasteiger charge is 2.38. The van der Waals surface area contributed by atoms with Crippen molar-refractivity contribution in [1.29, 1.82) is 0 Å². The lowest BCUT2D eigenvalue weighted by atomic mass is 10.1. The Morgan fingerprint density at radius 3 is 2.53 bits per heavy atom. The quantitative estimate of drug-likeness (QED) is 0.723. The van der Waals surface area contributed by atoms with Crippen molar-refractivity contribution < 1.29 is 14.3 Å². The number of amides is 2. The Bertz CT molecular complexity index is 756. The molecule has 1 aromatic heterocycles. The number of carbonyl (C=O) groups excluding carboxylic acids is 2. The number of likely N-dealkylation sites (tertiary alicyclic amines) is 1. The average Bonchev–Trinajstić information content (AvgIpc) is 3.48. The summed E-state index contributed by atoms with van der Waals surface area (Å²) in [6.45, 7) is 7.97. The number of hydrogen-bond acceptors (Lipinski definition) is 6. The van der Waals surface area contributed by atoms with E-state index in [1.54, 1.807) is 13.0 Å². The lowest BCUT2D eigenvalue weighted by Crippen LogP contribution is -2.47. The first kappa shape index (κ1) is 21.2. The average molecular weight is 416 g/mol. The number of rotatable bonds is 7. The SMILES string of the molecule is Cc1cc(C(=O)NC[C@@H]2CC[C@H](CC(=O)N3CCOCC3)N2CC2CC2)nc(C)n1. The molecule has 0 radical (unpaired) electrons. The van der Waals surface area contributed by atoms with Crippen molar-refractivity contribution in [3.05, 3.63) is 23.3 Å². The number of ether oxygens (including phenoxy) is 1. The van der Waals surface area contributed by atoms with Crippen LogP contribution in [0.2, 0.25) is 0 Å². The molecule has 1 N–H and O–H groups in total. The van der Waals surface area contributed by atoms with Gasteiger partial charge in [-0.1, -0.05) is 0 Å². The monoisotopic (exact) mass is 415 g/mol. The third-order valence-electron chi connectivity index (χ3n) is 6.41. The van der Waals surface area contributed by atoms with E-state index in [4.69, 9.17) is 4.74 Å². The van der Waals surface area contributed by atoms with Crippen LogP contribution in [-0.2, 0) is 9.53 Å². The molecule has 0 bridgehead atoms. The summed E-state index contributed by atoms with van der Waals surface area (Å²) in [5.41, 5.74) is 1.22. The summed E-state index contributed by atoms with van der Waals surface area (Å²) in [5, 5.41) is 3.07. The summed E-state index contributed by atoms with van der Waals surface area (Å²) < 4.78 is 5.37. The van der Waals surface area contributed by atoms with Gasteiger partial charge in [-0.2, -0.15) is 0 Å². The first-order valence-corrected chi connectivity index (χ1v) is 11.2. The van der Waals surface area contributed by atoms with Gasteiger partial charge in [-0.05, 0) is 51.5 Å². The Hall–Kier alpha value is -2.06. The molecule has 4 rings (SSSR count). The smallest absolute Gasteiger partial charge is 0.270 e. The van der Waals surface area contributed by atoms with Crippen LogP contribution in [0.5, 0.6) is 0 Å². The number of aryl methyl sites for hydroxylation is 2. The van der Waals surface area contributed by atoms with Gasteiger partial charge in [-0.3, -0.25) is 14.5 Å². The lowest BCUT2D eigenvalue weighted by Gasteiger charge is -2.33. The topological polar surface area (TPSA) is 87.7 Å². The minimum atomic E-state index is -0.150. The van der Waals surface area contributed by atoms with Gasteiger partial charge in [0, 0.05) is 50.4 Å². The summed E-state index contributed by atoms with van der Waals surface area (Å²) in [6, 6.07) is 2.27. The Kier molecular flexibility index (Phi) is 6.63. The number of carbonyl (C=O) groups is 2. The van der Waals surface area contributed by atoms with Crippen LogP contribution in [0.4, 0.5) is 0 Å². The maximum atomic E-state index is 12.8. The molecule has 8 heteroatoms. The molecule has 3 fully saturated rings. The van der Waals surface area contributed by atoms with Gasteiger partial charge in [-0.25, -0.2) is 9.97 Å². The van der Waals surface area contributed by atoms with E-state index in [2.05, 4.69) is 20.2 Å². The third-order valence-corrected chi connectivity index (χ3v) is 6.41. The van der Waals surface area contributed by atoms with Crippen LogP contribution in [-0.4, -0.2) is 83.1 Å². The van der Waals surface area contributed by atoms with Crippen LogP contribution in [0.25, 0.3) is 0 Å². The zero-order valence-corrected chi connectivity index (χ0v) is 18.1. The van der Waals surface area contributed by atoms with Crippen LogP contribution in [0.15, 0.2) is 6.07 Å². The summed E-state index contributed by atoms with van der Waals surface area (Å²) >= 11 is 0. The molecule has 30 heavy (non-hydrogen) atoms. The van der Waals surface area contributed by atoms with Crippen molar-refractivity contribution in [2.24, 2.45) is 5.92 Å². The molecule has 164 valence electrons. The second-order valence-corrected chi connectivity index (χ2v) is 8.87. The van der Waals surface area contributed by atoms with Gasteiger partial charge in [0.2, 0.25) is 5.91 Å². The van der Waals surface area contributed by atoms with Gasteiger partial charge >= 0.3 is 0 Å². The summed E-state index contributed by atoms with van der Waals surface area (Å²) in [7, 11) is 0. The van der Waals surface area contributed by atoms with Crippen LogP contribution < -0.4 is 5.32 Å². The van der Waals surface area contributed by atoms with Crippen molar-refractivity contribution in [3.63, 3.8) is 0 Å². The van der Waals surface area contributed by atoms with E-state index in [0.29, 0.717) is 50.8 Å². The summed E-state index contributed by atoms with van der Waals surface area (Å²) in [6.07, 6.45) is 5.14. The Labute approximate surface area is 178 Å². The summed E-state index contributed by atoms with van der Waals surface area (Å²) in [5.74, 6) is 1.44. The largest absolute Gasteiger partial charge is 0.378 e. The van der Waals surface area contributed by atoms with Crippen molar-refractivity contribution in [2.75, 3.05) is 39.4 Å². The van der Waals surface area contributed by atoms with Gasteiger partial charge in [0.05, 0.1) is 13.2 Å². The molecule has 2 saturated heterocycles. The lowest BCUT2D eigenvalue weighted by molar-refractivity contribution is -0.136. The molecular formula is C22H33N5O3. The zero-order valence-electron chi connectivity index (χ0n) is 18.1. The minimum Gasteiger partial charge on any atom is -0.378 e. The molecule has 3 heterocycles. The molecule has 0 unspecified atom stereocenters. The molecule has 1 saturated carbocycles. The second-order valence-electron chi connectivity index (χ2n) is 8.87. The number of morpholine rings is 1. The van der Waals surface area contributed by atoms with E-state index in [0.717, 1.165) is 31.0 Å². The normalized spacial score (nSPS) is 24.8. The van der Waals surface area contributed by atoms with E-state index in [1.807, 2.05) is 11.8 Å². The van der Waals surface area contributed by atoms with Crippen LogP contribution in [0.1, 0.15) is 54.1 Å². The molecular weight excluding hydrogens is 382 g/mol. The molecule has 1 aromatic rings.